The number of nitrogens with one attached hydrogen (secondary N) is 3. The Morgan fingerprint density at radius 3 is 2.57 bits per heavy atom. The summed E-state index contributed by atoms with van der Waals surface area (Å²) in [5.41, 5.74) is 6.95. The molecule has 1 fully saturated rings. The molecule has 180 valence electrons. The third-order valence-electron chi connectivity index (χ3n) is 5.83. The number of hydrogen-bond acceptors (Lipinski definition) is 8. The van der Waals surface area contributed by atoms with Crippen molar-refractivity contribution in [3.8, 4) is 0 Å². The number of halogens is 2. The maximum absolute atomic E-state index is 14.0. The van der Waals surface area contributed by atoms with Gasteiger partial charge < -0.3 is 21.7 Å². The van der Waals surface area contributed by atoms with E-state index in [9.17, 15) is 13.6 Å². The summed E-state index contributed by atoms with van der Waals surface area (Å²) in [6, 6.07) is 6.26. The Balaban J connectivity index is 1.50. The van der Waals surface area contributed by atoms with E-state index in [0.717, 1.165) is 38.1 Å². The van der Waals surface area contributed by atoms with Crippen molar-refractivity contribution >= 4 is 34.6 Å². The van der Waals surface area contributed by atoms with Crippen LogP contribution in [0.4, 0.5) is 31.8 Å². The summed E-state index contributed by atoms with van der Waals surface area (Å²) >= 11 is 0. The Bertz CT molecular complexity index is 1350. The second kappa shape index (κ2) is 9.58. The van der Waals surface area contributed by atoms with Gasteiger partial charge in [-0.15, -0.1) is 5.10 Å². The van der Waals surface area contributed by atoms with Crippen LogP contribution in [0.1, 0.15) is 36.2 Å². The van der Waals surface area contributed by atoms with Gasteiger partial charge in [0.25, 0.3) is 5.91 Å². The van der Waals surface area contributed by atoms with Crippen molar-refractivity contribution in [3.63, 3.8) is 0 Å². The van der Waals surface area contributed by atoms with Crippen LogP contribution in [0.25, 0.3) is 5.65 Å². The van der Waals surface area contributed by atoms with E-state index in [1.165, 1.54) is 35.1 Å². The van der Waals surface area contributed by atoms with Crippen LogP contribution in [0.2, 0.25) is 0 Å². The smallest absolute Gasteiger partial charge is 0.276 e. The van der Waals surface area contributed by atoms with E-state index in [-0.39, 0.29) is 23.5 Å². The van der Waals surface area contributed by atoms with Crippen LogP contribution < -0.4 is 21.7 Å². The van der Waals surface area contributed by atoms with Gasteiger partial charge in [-0.05, 0) is 43.9 Å². The summed E-state index contributed by atoms with van der Waals surface area (Å²) in [5.74, 6) is -0.824. The largest absolute Gasteiger partial charge is 0.366 e. The number of carbonyl (C=O) groups excluding carboxylic acids is 1. The van der Waals surface area contributed by atoms with Crippen molar-refractivity contribution in [1.82, 2.24) is 24.6 Å². The first-order valence-electron chi connectivity index (χ1n) is 11.2. The lowest BCUT2D eigenvalue weighted by Gasteiger charge is -2.27. The number of aromatic nitrogens is 5. The van der Waals surface area contributed by atoms with Gasteiger partial charge in [-0.3, -0.25) is 9.78 Å². The molecule has 35 heavy (non-hydrogen) atoms. The van der Waals surface area contributed by atoms with Crippen LogP contribution in [0, 0.1) is 11.6 Å². The van der Waals surface area contributed by atoms with E-state index in [1.54, 1.807) is 6.07 Å². The summed E-state index contributed by atoms with van der Waals surface area (Å²) < 4.78 is 28.7. The predicted octanol–water partition coefficient (Wildman–Crippen LogP) is 3.48. The Labute approximate surface area is 199 Å². The first-order chi connectivity index (χ1) is 17.0. The number of amides is 1. The topological polar surface area (TPSA) is 135 Å². The van der Waals surface area contributed by atoms with Crippen molar-refractivity contribution in [2.75, 3.05) is 16.0 Å². The molecule has 4 aromatic rings. The first kappa shape index (κ1) is 22.6. The molecule has 0 spiro atoms. The molecular weight excluding hydrogens is 456 g/mol. The maximum Gasteiger partial charge on any atom is 0.276 e. The predicted molar refractivity (Wildman–Crippen MR) is 126 cm³/mol. The number of nitrogens with zero attached hydrogens (tertiary/aromatic N) is 5. The summed E-state index contributed by atoms with van der Waals surface area (Å²) in [6.45, 7) is 0. The van der Waals surface area contributed by atoms with Gasteiger partial charge in [0.2, 0.25) is 0 Å². The van der Waals surface area contributed by atoms with E-state index in [0.29, 0.717) is 23.0 Å². The van der Waals surface area contributed by atoms with Gasteiger partial charge in [0.15, 0.2) is 17.2 Å². The molecular formula is C23H23F2N9O. The quantitative estimate of drug-likeness (QED) is 0.330. The molecule has 10 nitrogen and oxygen atoms in total. The normalized spacial score (nSPS) is 17.8. The molecule has 0 bridgehead atoms. The molecule has 0 atom stereocenters. The van der Waals surface area contributed by atoms with Crippen LogP contribution >= 0.6 is 0 Å². The summed E-state index contributed by atoms with van der Waals surface area (Å²) in [4.78, 5) is 25.0. The minimum absolute atomic E-state index is 0.0124. The van der Waals surface area contributed by atoms with Gasteiger partial charge in [0.1, 0.15) is 17.5 Å². The fourth-order valence-corrected chi connectivity index (χ4v) is 4.01. The van der Waals surface area contributed by atoms with Gasteiger partial charge in [0.05, 0.1) is 30.0 Å². The number of rotatable bonds is 6. The van der Waals surface area contributed by atoms with Crippen LogP contribution in [-0.2, 0) is 0 Å². The van der Waals surface area contributed by atoms with E-state index in [1.807, 2.05) is 0 Å². The number of hydrogen-bond donors (Lipinski definition) is 4. The lowest BCUT2D eigenvalue weighted by molar-refractivity contribution is 0.102. The van der Waals surface area contributed by atoms with Gasteiger partial charge in [0, 0.05) is 24.3 Å². The molecule has 4 heterocycles. The third kappa shape index (κ3) is 5.01. The average molecular weight is 479 g/mol. The van der Waals surface area contributed by atoms with Gasteiger partial charge in [-0.25, -0.2) is 23.3 Å². The molecule has 0 aliphatic heterocycles. The van der Waals surface area contributed by atoms with Gasteiger partial charge in [-0.2, -0.15) is 0 Å². The highest BCUT2D eigenvalue weighted by molar-refractivity contribution is 6.03. The van der Waals surface area contributed by atoms with E-state index >= 15 is 0 Å². The number of carbonyl (C=O) groups is 1. The summed E-state index contributed by atoms with van der Waals surface area (Å²) in [7, 11) is 0. The molecule has 1 aliphatic carbocycles. The average Bonchev–Trinajstić information content (AvgIpc) is 3.28. The molecule has 1 amide bonds. The van der Waals surface area contributed by atoms with Gasteiger partial charge >= 0.3 is 0 Å². The molecule has 0 radical (unpaired) electrons. The lowest BCUT2D eigenvalue weighted by Crippen LogP contribution is -2.33. The third-order valence-corrected chi connectivity index (χ3v) is 5.83. The molecule has 0 saturated heterocycles. The van der Waals surface area contributed by atoms with Crippen LogP contribution in [0.3, 0.4) is 0 Å². The van der Waals surface area contributed by atoms with Crippen LogP contribution in [0.5, 0.6) is 0 Å². The van der Waals surface area contributed by atoms with Crippen molar-refractivity contribution < 1.29 is 13.6 Å². The van der Waals surface area contributed by atoms with Crippen LogP contribution in [0.15, 0.2) is 49.1 Å². The maximum atomic E-state index is 14.0. The molecule has 5 N–H and O–H groups in total. The summed E-state index contributed by atoms with van der Waals surface area (Å²) in [5, 5.41) is 13.6. The highest BCUT2D eigenvalue weighted by Gasteiger charge is 2.22. The fourth-order valence-electron chi connectivity index (χ4n) is 4.01. The van der Waals surface area contributed by atoms with Crippen molar-refractivity contribution in [2.45, 2.75) is 37.8 Å². The second-order valence-corrected chi connectivity index (χ2v) is 8.37. The zero-order chi connectivity index (χ0) is 24.4. The molecule has 4 aromatic heterocycles. The van der Waals surface area contributed by atoms with Crippen LogP contribution in [-0.4, -0.2) is 42.6 Å². The molecule has 1 aliphatic rings. The van der Waals surface area contributed by atoms with Crippen molar-refractivity contribution in [3.05, 3.63) is 66.4 Å². The fraction of sp³-hybridized carbons (Fsp3) is 0.261. The van der Waals surface area contributed by atoms with Crippen molar-refractivity contribution in [2.24, 2.45) is 5.73 Å². The lowest BCUT2D eigenvalue weighted by atomic mass is 9.92. The Morgan fingerprint density at radius 1 is 1.00 bits per heavy atom. The zero-order valence-corrected chi connectivity index (χ0v) is 18.6. The molecule has 1 saturated carbocycles. The number of imidazole rings is 1. The van der Waals surface area contributed by atoms with E-state index in [2.05, 4.69) is 36.0 Å². The number of fused-ring (bicyclic) bond motifs is 1. The minimum atomic E-state index is -0.662. The van der Waals surface area contributed by atoms with Gasteiger partial charge in [-0.1, -0.05) is 0 Å². The number of nitrogens with two attached hydrogens (primary N) is 1. The SMILES string of the molecule is NC1CCC(Nc2cc(Nc3ccc(F)cn3)c3ncc(C(=O)Nc4ccncc4F)n3n2)CC1. The van der Waals surface area contributed by atoms with E-state index < -0.39 is 17.5 Å². The Kier molecular flexibility index (Phi) is 6.19. The highest BCUT2D eigenvalue weighted by Crippen LogP contribution is 2.26. The standard InChI is InChI=1S/C23H23F2N9O/c24-13-1-6-20(28-10-13)31-18-9-21(30-15-4-2-14(26)3-5-15)33-34-19(12-29-22(18)34)23(35)32-17-7-8-27-11-16(17)25/h1,6-12,14-15H,2-5,26H2,(H,28,31)(H,30,33)(H,27,32,35). The number of pyridine rings is 2. The molecule has 5 rings (SSSR count). The zero-order valence-electron chi connectivity index (χ0n) is 18.6. The molecule has 0 unspecified atom stereocenters. The monoisotopic (exact) mass is 479 g/mol. The van der Waals surface area contributed by atoms with E-state index in [4.69, 9.17) is 5.73 Å². The minimum Gasteiger partial charge on any atom is -0.366 e. The first-order valence-corrected chi connectivity index (χ1v) is 11.2. The Hall–Kier alpha value is -4.19. The second-order valence-electron chi connectivity index (χ2n) is 8.37. The summed E-state index contributed by atoms with van der Waals surface area (Å²) in [6.07, 6.45) is 8.42. The van der Waals surface area contributed by atoms with Crippen molar-refractivity contribution in [1.29, 1.82) is 0 Å². The molecule has 0 aromatic carbocycles. The Morgan fingerprint density at radius 2 is 1.83 bits per heavy atom. The highest BCUT2D eigenvalue weighted by atomic mass is 19.1. The number of anilines is 4. The molecule has 12 heteroatoms.